The molecule has 5 rings (SSSR count). The average molecular weight is 514 g/mol. The smallest absolute Gasteiger partial charge is 0.295 e. The molecule has 2 heterocycles. The van der Waals surface area contributed by atoms with Crippen LogP contribution in [0.1, 0.15) is 48.6 Å². The predicted molar refractivity (Wildman–Crippen MR) is 143 cm³/mol. The maximum atomic E-state index is 13.5. The Balaban J connectivity index is 1.61. The molecule has 3 aromatic rings. The number of hydrogen-bond donors (Lipinski definition) is 1. The molecule has 0 spiro atoms. The highest BCUT2D eigenvalue weighted by Gasteiger charge is 2.46. The Labute approximate surface area is 222 Å². The van der Waals surface area contributed by atoms with E-state index < -0.39 is 17.7 Å². The molecule has 3 aromatic carbocycles. The second kappa shape index (κ2) is 10.6. The molecule has 7 nitrogen and oxygen atoms in total. The summed E-state index contributed by atoms with van der Waals surface area (Å²) in [5.41, 5.74) is 2.95. The van der Waals surface area contributed by atoms with Crippen molar-refractivity contribution >= 4 is 17.4 Å². The van der Waals surface area contributed by atoms with Gasteiger partial charge >= 0.3 is 0 Å². The first kappa shape index (κ1) is 25.4. The molecule has 0 aliphatic carbocycles. The van der Waals surface area contributed by atoms with Crippen molar-refractivity contribution in [2.75, 3.05) is 13.7 Å². The third-order valence-electron chi connectivity index (χ3n) is 6.82. The first-order valence-electron chi connectivity index (χ1n) is 12.8. The minimum Gasteiger partial charge on any atom is -0.507 e. The topological polar surface area (TPSA) is 85.3 Å². The van der Waals surface area contributed by atoms with Crippen LogP contribution >= 0.6 is 0 Å². The Hall–Kier alpha value is -4.26. The molecule has 1 atom stereocenters. The molecule has 0 saturated carbocycles. The highest BCUT2D eigenvalue weighted by molar-refractivity contribution is 6.46. The van der Waals surface area contributed by atoms with Crippen molar-refractivity contribution in [2.45, 2.75) is 45.4 Å². The standard InChI is InChI=1S/C31H31NO6/c1-19(2)38-24-13-10-20(11-14-24)28-27(29(33)22-12-15-26-21(17-22)8-6-16-37-26)30(34)31(35)32(28)18-23-7-4-5-9-25(23)36-3/h4-5,7,9-15,17,19,28,33H,6,8,16,18H2,1-3H3/b29-27-. The number of aryl methyl sites for hydroxylation is 1. The molecule has 196 valence electrons. The number of carbonyl (C=O) groups is 2. The monoisotopic (exact) mass is 513 g/mol. The number of hydrogen-bond acceptors (Lipinski definition) is 6. The van der Waals surface area contributed by atoms with Crippen molar-refractivity contribution in [3.8, 4) is 17.2 Å². The number of para-hydroxylation sites is 1. The first-order chi connectivity index (χ1) is 18.4. The van der Waals surface area contributed by atoms with Gasteiger partial charge < -0.3 is 24.2 Å². The van der Waals surface area contributed by atoms with Crippen LogP contribution in [0.15, 0.2) is 72.3 Å². The van der Waals surface area contributed by atoms with Crippen molar-refractivity contribution in [3.05, 3.63) is 94.6 Å². The van der Waals surface area contributed by atoms with Crippen LogP contribution in [0.4, 0.5) is 0 Å². The maximum Gasteiger partial charge on any atom is 0.295 e. The van der Waals surface area contributed by atoms with E-state index >= 15 is 0 Å². The number of ketones is 1. The summed E-state index contributed by atoms with van der Waals surface area (Å²) in [4.78, 5) is 28.4. The number of rotatable bonds is 7. The van der Waals surface area contributed by atoms with Crippen LogP contribution in [0.25, 0.3) is 5.76 Å². The summed E-state index contributed by atoms with van der Waals surface area (Å²) >= 11 is 0. The second-order valence-electron chi connectivity index (χ2n) is 9.75. The first-order valence-corrected chi connectivity index (χ1v) is 12.8. The van der Waals surface area contributed by atoms with E-state index in [0.717, 1.165) is 29.7 Å². The number of benzene rings is 3. The van der Waals surface area contributed by atoms with Gasteiger partial charge in [0.15, 0.2) is 0 Å². The van der Waals surface area contributed by atoms with Crippen LogP contribution in [0.5, 0.6) is 17.2 Å². The van der Waals surface area contributed by atoms with E-state index in [0.29, 0.717) is 29.2 Å². The predicted octanol–water partition coefficient (Wildman–Crippen LogP) is 5.43. The van der Waals surface area contributed by atoms with Crippen LogP contribution in [0.3, 0.4) is 0 Å². The summed E-state index contributed by atoms with van der Waals surface area (Å²) in [5.74, 6) is 0.474. The quantitative estimate of drug-likeness (QED) is 0.258. The van der Waals surface area contributed by atoms with Crippen molar-refractivity contribution in [1.29, 1.82) is 0 Å². The second-order valence-corrected chi connectivity index (χ2v) is 9.75. The summed E-state index contributed by atoms with van der Waals surface area (Å²) < 4.78 is 17.0. The van der Waals surface area contributed by atoms with Crippen LogP contribution in [0, 0.1) is 0 Å². The number of carbonyl (C=O) groups excluding carboxylic acids is 2. The van der Waals surface area contributed by atoms with Gasteiger partial charge in [0.2, 0.25) is 0 Å². The van der Waals surface area contributed by atoms with E-state index in [4.69, 9.17) is 14.2 Å². The van der Waals surface area contributed by atoms with Crippen LogP contribution in [0.2, 0.25) is 0 Å². The maximum absolute atomic E-state index is 13.5. The summed E-state index contributed by atoms with van der Waals surface area (Å²) in [6, 6.07) is 19.3. The molecular weight excluding hydrogens is 482 g/mol. The Bertz CT molecular complexity index is 1390. The van der Waals surface area contributed by atoms with Crippen molar-refractivity contribution in [1.82, 2.24) is 4.90 Å². The summed E-state index contributed by atoms with van der Waals surface area (Å²) in [6.45, 7) is 4.68. The third-order valence-corrected chi connectivity index (χ3v) is 6.82. The van der Waals surface area contributed by atoms with E-state index in [1.807, 2.05) is 74.5 Å². The Kier molecular flexibility index (Phi) is 7.09. The molecule has 0 aromatic heterocycles. The fourth-order valence-corrected chi connectivity index (χ4v) is 5.07. The van der Waals surface area contributed by atoms with Gasteiger partial charge in [-0.25, -0.2) is 0 Å². The molecule has 1 N–H and O–H groups in total. The van der Waals surface area contributed by atoms with Crippen LogP contribution in [-0.2, 0) is 22.6 Å². The number of fused-ring (bicyclic) bond motifs is 1. The number of Topliss-reactive ketones (excluding diaryl/α,β-unsaturated/α-hetero) is 1. The van der Waals surface area contributed by atoms with Gasteiger partial charge in [-0.3, -0.25) is 9.59 Å². The molecule has 1 saturated heterocycles. The molecule has 0 bridgehead atoms. The van der Waals surface area contributed by atoms with Gasteiger partial charge in [-0.1, -0.05) is 30.3 Å². The summed E-state index contributed by atoms with van der Waals surface area (Å²) in [5, 5.41) is 11.5. The number of likely N-dealkylation sites (tertiary alicyclic amines) is 1. The van der Waals surface area contributed by atoms with Crippen molar-refractivity contribution in [3.63, 3.8) is 0 Å². The van der Waals surface area contributed by atoms with Gasteiger partial charge in [-0.15, -0.1) is 0 Å². The number of amides is 1. The number of methoxy groups -OCH3 is 1. The third kappa shape index (κ3) is 4.84. The van der Waals surface area contributed by atoms with Gasteiger partial charge in [0.25, 0.3) is 11.7 Å². The molecule has 1 unspecified atom stereocenters. The fourth-order valence-electron chi connectivity index (χ4n) is 5.07. The zero-order valence-electron chi connectivity index (χ0n) is 21.8. The Morgan fingerprint density at radius 2 is 1.84 bits per heavy atom. The average Bonchev–Trinajstić information content (AvgIpc) is 3.17. The zero-order valence-corrected chi connectivity index (χ0v) is 21.8. The summed E-state index contributed by atoms with van der Waals surface area (Å²) in [7, 11) is 1.57. The lowest BCUT2D eigenvalue weighted by atomic mass is 9.93. The minimum absolute atomic E-state index is 0.00465. The molecule has 1 amide bonds. The fraction of sp³-hybridized carbons (Fsp3) is 0.290. The molecular formula is C31H31NO6. The van der Waals surface area contributed by atoms with Gasteiger partial charge in [-0.2, -0.15) is 0 Å². The lowest BCUT2D eigenvalue weighted by molar-refractivity contribution is -0.140. The summed E-state index contributed by atoms with van der Waals surface area (Å²) in [6.07, 6.45) is 1.70. The van der Waals surface area contributed by atoms with Gasteiger partial charge in [0, 0.05) is 11.1 Å². The van der Waals surface area contributed by atoms with E-state index in [1.165, 1.54) is 4.90 Å². The van der Waals surface area contributed by atoms with E-state index in [2.05, 4.69) is 0 Å². The molecule has 2 aliphatic heterocycles. The van der Waals surface area contributed by atoms with E-state index in [1.54, 1.807) is 13.2 Å². The SMILES string of the molecule is COc1ccccc1CN1C(=O)C(=O)/C(=C(\O)c2ccc3c(c2)CCCO3)C1c1ccc(OC(C)C)cc1. The van der Waals surface area contributed by atoms with Crippen LogP contribution < -0.4 is 14.2 Å². The highest BCUT2D eigenvalue weighted by atomic mass is 16.5. The van der Waals surface area contributed by atoms with Crippen LogP contribution in [-0.4, -0.2) is 41.5 Å². The molecule has 0 radical (unpaired) electrons. The van der Waals surface area contributed by atoms with Gasteiger partial charge in [-0.05, 0) is 74.2 Å². The van der Waals surface area contributed by atoms with Crippen molar-refractivity contribution in [2.24, 2.45) is 0 Å². The molecule has 38 heavy (non-hydrogen) atoms. The number of ether oxygens (including phenoxy) is 3. The van der Waals surface area contributed by atoms with Gasteiger partial charge in [0.1, 0.15) is 23.0 Å². The number of nitrogens with zero attached hydrogens (tertiary/aromatic N) is 1. The molecule has 2 aliphatic rings. The number of aliphatic hydroxyl groups is 1. The van der Waals surface area contributed by atoms with Crippen molar-refractivity contribution < 1.29 is 28.9 Å². The minimum atomic E-state index is -0.791. The Morgan fingerprint density at radius 1 is 1.08 bits per heavy atom. The molecule has 1 fully saturated rings. The molecule has 7 heteroatoms. The highest BCUT2D eigenvalue weighted by Crippen LogP contribution is 2.42. The van der Waals surface area contributed by atoms with E-state index in [-0.39, 0.29) is 24.0 Å². The van der Waals surface area contributed by atoms with Gasteiger partial charge in [0.05, 0.1) is 38.0 Å². The lowest BCUT2D eigenvalue weighted by Gasteiger charge is -2.26. The zero-order chi connectivity index (χ0) is 26.8. The largest absolute Gasteiger partial charge is 0.507 e. The van der Waals surface area contributed by atoms with E-state index in [9.17, 15) is 14.7 Å². The lowest BCUT2D eigenvalue weighted by Crippen LogP contribution is -2.29. The Morgan fingerprint density at radius 3 is 2.58 bits per heavy atom. The number of aliphatic hydroxyl groups excluding tert-OH is 1. The normalized spacial score (nSPS) is 18.3.